The second kappa shape index (κ2) is 8.64. The summed E-state index contributed by atoms with van der Waals surface area (Å²) in [6.45, 7) is 10.5. The molecular weight excluding hydrogens is 274 g/mol. The summed E-state index contributed by atoms with van der Waals surface area (Å²) in [5, 5.41) is 2.67. The molecule has 1 amide bonds. The number of esters is 2. The van der Waals surface area contributed by atoms with Gasteiger partial charge in [-0.15, -0.1) is 0 Å². The van der Waals surface area contributed by atoms with Crippen LogP contribution < -0.4 is 5.32 Å². The van der Waals surface area contributed by atoms with Gasteiger partial charge in [-0.05, 0) is 13.8 Å². The second-order valence-corrected chi connectivity index (χ2v) is 5.94. The van der Waals surface area contributed by atoms with Gasteiger partial charge in [0, 0.05) is 6.54 Å². The first-order valence-electron chi connectivity index (χ1n) is 7.25. The van der Waals surface area contributed by atoms with E-state index in [0.717, 1.165) is 0 Å². The standard InChI is InChI=1S/C15H27NO5/c1-7-16-14(19)15(6,8-20-12(17)10(2)3)9-21-13(18)11(4)5/h10-11H,7-9H2,1-6H3,(H,16,19). The minimum Gasteiger partial charge on any atom is -0.464 e. The lowest BCUT2D eigenvalue weighted by Gasteiger charge is -2.27. The smallest absolute Gasteiger partial charge is 0.308 e. The van der Waals surface area contributed by atoms with Crippen molar-refractivity contribution in [1.29, 1.82) is 0 Å². The number of amides is 1. The Balaban J connectivity index is 4.80. The van der Waals surface area contributed by atoms with Crippen molar-refractivity contribution in [2.45, 2.75) is 41.5 Å². The van der Waals surface area contributed by atoms with E-state index in [1.165, 1.54) is 0 Å². The van der Waals surface area contributed by atoms with E-state index in [4.69, 9.17) is 9.47 Å². The number of hydrogen-bond acceptors (Lipinski definition) is 5. The summed E-state index contributed by atoms with van der Waals surface area (Å²) in [4.78, 5) is 35.2. The molecule has 122 valence electrons. The van der Waals surface area contributed by atoms with Crippen molar-refractivity contribution in [2.75, 3.05) is 19.8 Å². The molecule has 0 aliphatic rings. The minimum atomic E-state index is -1.09. The first-order chi connectivity index (χ1) is 9.64. The first-order valence-corrected chi connectivity index (χ1v) is 7.25. The van der Waals surface area contributed by atoms with E-state index < -0.39 is 5.41 Å². The molecule has 0 aromatic carbocycles. The number of rotatable bonds is 8. The molecule has 0 aromatic heterocycles. The molecular formula is C15H27NO5. The Morgan fingerprint density at radius 1 is 0.952 bits per heavy atom. The van der Waals surface area contributed by atoms with Gasteiger partial charge in [0.15, 0.2) is 0 Å². The van der Waals surface area contributed by atoms with Gasteiger partial charge in [-0.1, -0.05) is 27.7 Å². The molecule has 0 radical (unpaired) electrons. The Labute approximate surface area is 126 Å². The molecule has 6 heteroatoms. The molecule has 0 saturated heterocycles. The van der Waals surface area contributed by atoms with Gasteiger partial charge in [0.25, 0.3) is 0 Å². The van der Waals surface area contributed by atoms with Crippen LogP contribution in [0.4, 0.5) is 0 Å². The van der Waals surface area contributed by atoms with Crippen LogP contribution >= 0.6 is 0 Å². The van der Waals surface area contributed by atoms with Crippen LogP contribution in [0.25, 0.3) is 0 Å². The lowest BCUT2D eigenvalue weighted by atomic mass is 9.91. The highest BCUT2D eigenvalue weighted by Crippen LogP contribution is 2.19. The maximum Gasteiger partial charge on any atom is 0.308 e. The fourth-order valence-electron chi connectivity index (χ4n) is 1.34. The van der Waals surface area contributed by atoms with Crippen LogP contribution in [0.5, 0.6) is 0 Å². The van der Waals surface area contributed by atoms with Gasteiger partial charge in [0.05, 0.1) is 11.8 Å². The van der Waals surface area contributed by atoms with Crippen molar-refractivity contribution < 1.29 is 23.9 Å². The quantitative estimate of drug-likeness (QED) is 0.688. The zero-order chi connectivity index (χ0) is 16.6. The first kappa shape index (κ1) is 19.4. The third-order valence-electron chi connectivity index (χ3n) is 2.89. The van der Waals surface area contributed by atoms with Crippen LogP contribution in [0.15, 0.2) is 0 Å². The van der Waals surface area contributed by atoms with Crippen LogP contribution in [0.2, 0.25) is 0 Å². The Morgan fingerprint density at radius 2 is 1.33 bits per heavy atom. The SMILES string of the molecule is CCNC(=O)C(C)(COC(=O)C(C)C)COC(=O)C(C)C. The molecule has 0 unspecified atom stereocenters. The zero-order valence-electron chi connectivity index (χ0n) is 13.8. The third-order valence-corrected chi connectivity index (χ3v) is 2.89. The number of ether oxygens (including phenoxy) is 2. The summed E-state index contributed by atoms with van der Waals surface area (Å²) in [7, 11) is 0. The van der Waals surface area contributed by atoms with E-state index in [1.54, 1.807) is 41.5 Å². The van der Waals surface area contributed by atoms with E-state index in [2.05, 4.69) is 5.32 Å². The van der Waals surface area contributed by atoms with Crippen molar-refractivity contribution in [2.24, 2.45) is 17.3 Å². The van der Waals surface area contributed by atoms with Crippen LogP contribution in [0.3, 0.4) is 0 Å². The van der Waals surface area contributed by atoms with Crippen LogP contribution in [0.1, 0.15) is 41.5 Å². The minimum absolute atomic E-state index is 0.124. The largest absolute Gasteiger partial charge is 0.464 e. The van der Waals surface area contributed by atoms with Gasteiger partial charge in [-0.3, -0.25) is 14.4 Å². The fourth-order valence-corrected chi connectivity index (χ4v) is 1.34. The average Bonchev–Trinajstić information content (AvgIpc) is 2.41. The Bertz CT molecular complexity index is 352. The molecule has 0 aliphatic carbocycles. The highest BCUT2D eigenvalue weighted by Gasteiger charge is 2.37. The topological polar surface area (TPSA) is 81.7 Å². The van der Waals surface area contributed by atoms with Gasteiger partial charge >= 0.3 is 11.9 Å². The van der Waals surface area contributed by atoms with Gasteiger partial charge in [-0.2, -0.15) is 0 Å². The summed E-state index contributed by atoms with van der Waals surface area (Å²) in [6, 6.07) is 0. The molecule has 0 heterocycles. The molecule has 0 spiro atoms. The fraction of sp³-hybridized carbons (Fsp3) is 0.800. The summed E-state index contributed by atoms with van der Waals surface area (Å²) >= 11 is 0. The molecule has 21 heavy (non-hydrogen) atoms. The molecule has 1 N–H and O–H groups in total. The molecule has 0 aliphatic heterocycles. The molecule has 6 nitrogen and oxygen atoms in total. The lowest BCUT2D eigenvalue weighted by Crippen LogP contribution is -2.46. The Morgan fingerprint density at radius 3 is 1.62 bits per heavy atom. The molecule has 0 atom stereocenters. The van der Waals surface area contributed by atoms with Crippen molar-refractivity contribution in [3.05, 3.63) is 0 Å². The van der Waals surface area contributed by atoms with Crippen molar-refractivity contribution in [3.8, 4) is 0 Å². The molecule has 0 fully saturated rings. The maximum absolute atomic E-state index is 12.1. The maximum atomic E-state index is 12.1. The van der Waals surface area contributed by atoms with Crippen molar-refractivity contribution >= 4 is 17.8 Å². The van der Waals surface area contributed by atoms with E-state index in [0.29, 0.717) is 6.54 Å². The average molecular weight is 301 g/mol. The summed E-state index contributed by atoms with van der Waals surface area (Å²) < 4.78 is 10.3. The third kappa shape index (κ3) is 6.60. The zero-order valence-corrected chi connectivity index (χ0v) is 13.8. The normalized spacial score (nSPS) is 11.4. The summed E-state index contributed by atoms with van der Waals surface area (Å²) in [5.41, 5.74) is -1.09. The highest BCUT2D eigenvalue weighted by atomic mass is 16.5. The molecule has 0 saturated carbocycles. The van der Waals surface area contributed by atoms with E-state index >= 15 is 0 Å². The predicted molar refractivity (Wildman–Crippen MR) is 78.4 cm³/mol. The highest BCUT2D eigenvalue weighted by molar-refractivity contribution is 5.83. The van der Waals surface area contributed by atoms with Gasteiger partial charge in [0.1, 0.15) is 18.6 Å². The Hall–Kier alpha value is -1.59. The van der Waals surface area contributed by atoms with Crippen LogP contribution in [-0.2, 0) is 23.9 Å². The molecule has 0 rings (SSSR count). The van der Waals surface area contributed by atoms with Crippen molar-refractivity contribution in [1.82, 2.24) is 5.32 Å². The van der Waals surface area contributed by atoms with E-state index in [1.807, 2.05) is 0 Å². The van der Waals surface area contributed by atoms with Gasteiger partial charge < -0.3 is 14.8 Å². The summed E-state index contributed by atoms with van der Waals surface area (Å²) in [6.07, 6.45) is 0. The van der Waals surface area contributed by atoms with E-state index in [9.17, 15) is 14.4 Å². The summed E-state index contributed by atoms with van der Waals surface area (Å²) in [5.74, 6) is -1.64. The van der Waals surface area contributed by atoms with E-state index in [-0.39, 0.29) is 42.9 Å². The van der Waals surface area contributed by atoms with Crippen LogP contribution in [0, 0.1) is 17.3 Å². The monoisotopic (exact) mass is 301 g/mol. The number of nitrogens with one attached hydrogen (secondary N) is 1. The lowest BCUT2D eigenvalue weighted by molar-refractivity contribution is -0.161. The molecule has 0 bridgehead atoms. The second-order valence-electron chi connectivity index (χ2n) is 5.94. The number of hydrogen-bond donors (Lipinski definition) is 1. The molecule has 0 aromatic rings. The predicted octanol–water partition coefficient (Wildman–Crippen LogP) is 1.53. The number of carbonyl (C=O) groups is 3. The van der Waals surface area contributed by atoms with Gasteiger partial charge in [0.2, 0.25) is 5.91 Å². The van der Waals surface area contributed by atoms with Gasteiger partial charge in [-0.25, -0.2) is 0 Å². The Kier molecular flexibility index (Phi) is 7.99. The van der Waals surface area contributed by atoms with Crippen molar-refractivity contribution in [3.63, 3.8) is 0 Å². The number of carbonyl (C=O) groups excluding carboxylic acids is 3. The van der Waals surface area contributed by atoms with Crippen LogP contribution in [-0.4, -0.2) is 37.6 Å².